The second-order valence-electron chi connectivity index (χ2n) is 5.78. The number of rotatable bonds is 3. The van der Waals surface area contributed by atoms with Crippen LogP contribution in [-0.2, 0) is 11.2 Å². The highest BCUT2D eigenvalue weighted by Gasteiger charge is 2.63. The normalized spacial score (nSPS) is 20.2. The molecular weight excluding hydrogens is 415 g/mol. The zero-order valence-corrected chi connectivity index (χ0v) is 14.8. The number of pyridine rings is 1. The Labute approximate surface area is 155 Å². The van der Waals surface area contributed by atoms with Gasteiger partial charge in [0.2, 0.25) is 5.91 Å². The van der Waals surface area contributed by atoms with Gasteiger partial charge in [0.05, 0.1) is 18.6 Å². The van der Waals surface area contributed by atoms with Crippen molar-refractivity contribution >= 4 is 27.5 Å². The lowest BCUT2D eigenvalue weighted by Gasteiger charge is -2.32. The fourth-order valence-corrected chi connectivity index (χ4v) is 2.85. The number of amides is 1. The molecule has 0 fully saturated rings. The SMILES string of the molecule is O=C(Cc1ccncc1)N1N=C(c2ccc(Br)cc2)C[C@]1(O)C(F)(F)F. The van der Waals surface area contributed by atoms with Crippen molar-refractivity contribution in [2.45, 2.75) is 24.7 Å². The molecule has 1 atom stereocenters. The van der Waals surface area contributed by atoms with Crippen molar-refractivity contribution in [1.29, 1.82) is 0 Å². The average Bonchev–Trinajstić information content (AvgIpc) is 2.95. The molecule has 2 heterocycles. The molecule has 1 aromatic carbocycles. The van der Waals surface area contributed by atoms with Crippen LogP contribution in [0.15, 0.2) is 58.4 Å². The number of hydrogen-bond donors (Lipinski definition) is 1. The Kier molecular flexibility index (Phi) is 4.85. The van der Waals surface area contributed by atoms with E-state index in [2.05, 4.69) is 26.0 Å². The quantitative estimate of drug-likeness (QED) is 0.817. The van der Waals surface area contributed by atoms with Gasteiger partial charge in [-0.15, -0.1) is 0 Å². The number of carbonyl (C=O) groups is 1. The van der Waals surface area contributed by atoms with E-state index in [1.54, 1.807) is 24.3 Å². The van der Waals surface area contributed by atoms with Crippen molar-refractivity contribution in [3.05, 3.63) is 64.4 Å². The first-order valence-corrected chi connectivity index (χ1v) is 8.34. The standard InChI is InChI=1S/C17H13BrF3N3O2/c18-13-3-1-12(2-4-13)14-10-16(26,17(19,20)21)24(23-14)15(25)9-11-5-7-22-8-6-11/h1-8,26H,9-10H2/t16-/m0/s1. The topological polar surface area (TPSA) is 65.8 Å². The van der Waals surface area contributed by atoms with Crippen molar-refractivity contribution in [2.24, 2.45) is 5.10 Å². The fourth-order valence-electron chi connectivity index (χ4n) is 2.58. The summed E-state index contributed by atoms with van der Waals surface area (Å²) in [5.41, 5.74) is -2.52. The molecule has 136 valence electrons. The van der Waals surface area contributed by atoms with Gasteiger partial charge >= 0.3 is 6.18 Å². The van der Waals surface area contributed by atoms with Crippen molar-refractivity contribution < 1.29 is 23.1 Å². The molecule has 1 aromatic heterocycles. The maximum absolute atomic E-state index is 13.5. The van der Waals surface area contributed by atoms with Crippen LogP contribution in [-0.4, -0.2) is 38.6 Å². The van der Waals surface area contributed by atoms with Crippen molar-refractivity contribution in [2.75, 3.05) is 0 Å². The minimum atomic E-state index is -5.05. The van der Waals surface area contributed by atoms with Gasteiger partial charge < -0.3 is 5.11 Å². The highest BCUT2D eigenvalue weighted by Crippen LogP contribution is 2.41. The van der Waals surface area contributed by atoms with Crippen LogP contribution in [0.4, 0.5) is 13.2 Å². The summed E-state index contributed by atoms with van der Waals surface area (Å²) in [5.74, 6) is -0.955. The molecule has 26 heavy (non-hydrogen) atoms. The Hall–Kier alpha value is -2.26. The van der Waals surface area contributed by atoms with Crippen LogP contribution in [0.3, 0.4) is 0 Å². The Balaban J connectivity index is 1.94. The van der Waals surface area contributed by atoms with E-state index in [1.807, 2.05) is 0 Å². The van der Waals surface area contributed by atoms with Gasteiger partial charge in [0.15, 0.2) is 0 Å². The zero-order chi connectivity index (χ0) is 18.9. The van der Waals surface area contributed by atoms with E-state index in [-0.39, 0.29) is 17.1 Å². The van der Waals surface area contributed by atoms with E-state index < -0.39 is 24.2 Å². The summed E-state index contributed by atoms with van der Waals surface area (Å²) in [5, 5.41) is 14.2. The minimum absolute atomic E-state index is 0.0135. The third-order valence-electron chi connectivity index (χ3n) is 3.96. The highest BCUT2D eigenvalue weighted by molar-refractivity contribution is 9.10. The first kappa shape index (κ1) is 18.5. The van der Waals surface area contributed by atoms with Crippen molar-refractivity contribution in [3.8, 4) is 0 Å². The van der Waals surface area contributed by atoms with Gasteiger partial charge in [0.1, 0.15) is 0 Å². The molecule has 2 aromatic rings. The molecule has 1 aliphatic rings. The van der Waals surface area contributed by atoms with Crippen LogP contribution in [0, 0.1) is 0 Å². The largest absolute Gasteiger partial charge is 0.438 e. The number of nitrogens with zero attached hydrogens (tertiary/aromatic N) is 3. The summed E-state index contributed by atoms with van der Waals surface area (Å²) in [6.07, 6.45) is -3.36. The Morgan fingerprint density at radius 2 is 1.81 bits per heavy atom. The number of benzene rings is 1. The van der Waals surface area contributed by atoms with Crippen molar-refractivity contribution in [3.63, 3.8) is 0 Å². The molecule has 1 N–H and O–H groups in total. The summed E-state index contributed by atoms with van der Waals surface area (Å²) in [4.78, 5) is 16.2. The summed E-state index contributed by atoms with van der Waals surface area (Å²) < 4.78 is 41.3. The second kappa shape index (κ2) is 6.81. The molecule has 0 saturated heterocycles. The lowest BCUT2D eigenvalue weighted by atomic mass is 10.0. The van der Waals surface area contributed by atoms with Crippen LogP contribution >= 0.6 is 15.9 Å². The lowest BCUT2D eigenvalue weighted by Crippen LogP contribution is -2.57. The number of carbonyl (C=O) groups excluding carboxylic acids is 1. The smallest absolute Gasteiger partial charge is 0.362 e. The predicted octanol–water partition coefficient (Wildman–Crippen LogP) is 3.27. The monoisotopic (exact) mass is 427 g/mol. The molecule has 1 aliphatic heterocycles. The maximum Gasteiger partial charge on any atom is 0.438 e. The predicted molar refractivity (Wildman–Crippen MR) is 91.1 cm³/mol. The molecule has 0 radical (unpaired) electrons. The number of aliphatic hydroxyl groups is 1. The Morgan fingerprint density at radius 1 is 1.19 bits per heavy atom. The van der Waals surface area contributed by atoms with Gasteiger partial charge in [-0.3, -0.25) is 9.78 Å². The second-order valence-corrected chi connectivity index (χ2v) is 6.70. The molecule has 0 spiro atoms. The van der Waals surface area contributed by atoms with Gasteiger partial charge in [0, 0.05) is 16.9 Å². The van der Waals surface area contributed by atoms with Gasteiger partial charge in [-0.1, -0.05) is 28.1 Å². The number of halogens is 4. The number of hydrazone groups is 1. The van der Waals surface area contributed by atoms with E-state index in [1.165, 1.54) is 24.5 Å². The fraction of sp³-hybridized carbons (Fsp3) is 0.235. The van der Waals surface area contributed by atoms with E-state index in [0.29, 0.717) is 11.1 Å². The highest BCUT2D eigenvalue weighted by atomic mass is 79.9. The van der Waals surface area contributed by atoms with Crippen LogP contribution in [0.25, 0.3) is 0 Å². The number of aromatic nitrogens is 1. The third kappa shape index (κ3) is 3.49. The molecule has 9 heteroatoms. The zero-order valence-electron chi connectivity index (χ0n) is 13.2. The number of alkyl halides is 3. The van der Waals surface area contributed by atoms with Gasteiger partial charge in [-0.05, 0) is 35.4 Å². The molecule has 0 bridgehead atoms. The summed E-state index contributed by atoms with van der Waals surface area (Å²) in [7, 11) is 0. The van der Waals surface area contributed by atoms with Gasteiger partial charge in [-0.2, -0.15) is 23.3 Å². The van der Waals surface area contributed by atoms with E-state index in [4.69, 9.17) is 0 Å². The summed E-state index contributed by atoms with van der Waals surface area (Å²) >= 11 is 3.24. The van der Waals surface area contributed by atoms with E-state index in [9.17, 15) is 23.1 Å². The van der Waals surface area contributed by atoms with Crippen LogP contribution in [0.2, 0.25) is 0 Å². The Bertz CT molecular complexity index is 841. The summed E-state index contributed by atoms with van der Waals surface area (Å²) in [6, 6.07) is 9.45. The van der Waals surface area contributed by atoms with Crippen LogP contribution < -0.4 is 0 Å². The summed E-state index contributed by atoms with van der Waals surface area (Å²) in [6.45, 7) is 0. The molecule has 0 saturated carbocycles. The molecule has 0 unspecified atom stereocenters. The van der Waals surface area contributed by atoms with Crippen LogP contribution in [0.5, 0.6) is 0 Å². The van der Waals surface area contributed by atoms with E-state index >= 15 is 0 Å². The lowest BCUT2D eigenvalue weighted by molar-refractivity contribution is -0.302. The molecule has 1 amide bonds. The van der Waals surface area contributed by atoms with Crippen molar-refractivity contribution in [1.82, 2.24) is 9.99 Å². The molecule has 5 nitrogen and oxygen atoms in total. The van der Waals surface area contributed by atoms with Crippen LogP contribution in [0.1, 0.15) is 17.5 Å². The average molecular weight is 428 g/mol. The number of hydrogen-bond acceptors (Lipinski definition) is 4. The Morgan fingerprint density at radius 3 is 2.38 bits per heavy atom. The first-order valence-electron chi connectivity index (χ1n) is 7.55. The van der Waals surface area contributed by atoms with E-state index in [0.717, 1.165) is 4.47 Å². The minimum Gasteiger partial charge on any atom is -0.362 e. The van der Waals surface area contributed by atoms with Gasteiger partial charge in [-0.25, -0.2) is 0 Å². The van der Waals surface area contributed by atoms with Gasteiger partial charge in [0.25, 0.3) is 5.72 Å². The molecule has 3 rings (SSSR count). The first-order chi connectivity index (χ1) is 12.2. The third-order valence-corrected chi connectivity index (χ3v) is 4.49. The maximum atomic E-state index is 13.5. The molecule has 0 aliphatic carbocycles. The molecular formula is C17H13BrF3N3O2.